The number of likely N-dealkylation sites (N-methyl/N-ethyl adjacent to an activating group) is 1. The molecule has 2 aliphatic rings. The van der Waals surface area contributed by atoms with Crippen LogP contribution in [0.25, 0.3) is 0 Å². The summed E-state index contributed by atoms with van der Waals surface area (Å²) in [5.41, 5.74) is 7.01. The molecule has 2 aliphatic heterocycles. The molecule has 3 rings (SSSR count). The minimum atomic E-state index is -1.41. The van der Waals surface area contributed by atoms with E-state index in [1.54, 1.807) is 45.0 Å². The third-order valence-electron chi connectivity index (χ3n) is 10.4. The Balaban J connectivity index is 2.09. The molecule has 0 aromatic heterocycles. The van der Waals surface area contributed by atoms with Crippen LogP contribution in [0.15, 0.2) is 24.3 Å². The first kappa shape index (κ1) is 44.2. The first-order valence-electron chi connectivity index (χ1n) is 19.0. The number of hydrogen-bond donors (Lipinski definition) is 4. The van der Waals surface area contributed by atoms with Crippen molar-refractivity contribution < 1.29 is 48.1 Å². The molecule has 15 nitrogen and oxygen atoms in total. The molecule has 9 atom stereocenters. The normalized spacial score (nSPS) is 29.2. The molecule has 0 bridgehead atoms. The highest BCUT2D eigenvalue weighted by atomic mass is 16.6. The van der Waals surface area contributed by atoms with Crippen molar-refractivity contribution in [2.45, 2.75) is 136 Å². The van der Waals surface area contributed by atoms with Gasteiger partial charge in [-0.2, -0.15) is 0 Å². The Morgan fingerprint density at radius 3 is 2.19 bits per heavy atom. The molecule has 0 saturated carbocycles. The zero-order valence-corrected chi connectivity index (χ0v) is 33.2. The number of aliphatic hydroxyl groups is 1. The van der Waals surface area contributed by atoms with Gasteiger partial charge in [0.2, 0.25) is 17.7 Å². The van der Waals surface area contributed by atoms with Crippen molar-refractivity contribution in [1.29, 1.82) is 0 Å². The third kappa shape index (κ3) is 11.4. The second-order valence-electron chi connectivity index (χ2n) is 15.4. The van der Waals surface area contributed by atoms with Gasteiger partial charge in [0.1, 0.15) is 36.0 Å². The summed E-state index contributed by atoms with van der Waals surface area (Å²) in [5, 5.41) is 16.7. The number of ether oxygens (including phenoxy) is 3. The minimum Gasteiger partial charge on any atom is -0.497 e. The summed E-state index contributed by atoms with van der Waals surface area (Å²) < 4.78 is 16.7. The average molecular weight is 760 g/mol. The van der Waals surface area contributed by atoms with Gasteiger partial charge in [0.25, 0.3) is 5.91 Å². The van der Waals surface area contributed by atoms with Crippen LogP contribution in [0.3, 0.4) is 0 Å². The van der Waals surface area contributed by atoms with Crippen molar-refractivity contribution >= 4 is 35.6 Å². The van der Waals surface area contributed by atoms with E-state index in [9.17, 15) is 33.9 Å². The van der Waals surface area contributed by atoms with Crippen LogP contribution in [0, 0.1) is 17.8 Å². The number of methoxy groups -OCH3 is 1. The predicted molar refractivity (Wildman–Crippen MR) is 200 cm³/mol. The van der Waals surface area contributed by atoms with E-state index in [-0.39, 0.29) is 31.2 Å². The molecule has 1 aromatic rings. The minimum absolute atomic E-state index is 0.0342. The van der Waals surface area contributed by atoms with Gasteiger partial charge in [0.15, 0.2) is 6.10 Å². The molecule has 302 valence electrons. The SMILES string of the molecule is CC[C@H](C)[C@@H]1NC(=O)[C@@H](N)[C@@H](C)OC(=O)[C@H](Cc2ccc(OC)cc2)N(C)C(=O)C2CCCN2C(=O)[C@H](CC(C)C)NC(=O)[C@H](C(C)C)OC(=O)C[C@@H]1O. The maximum Gasteiger partial charge on any atom is 0.329 e. The van der Waals surface area contributed by atoms with E-state index < -0.39 is 96.4 Å². The van der Waals surface area contributed by atoms with Crippen molar-refractivity contribution in [2.24, 2.45) is 23.5 Å². The number of nitrogens with two attached hydrogens (primary N) is 1. The van der Waals surface area contributed by atoms with Crippen LogP contribution in [0.1, 0.15) is 86.1 Å². The highest BCUT2D eigenvalue weighted by molar-refractivity contribution is 5.95. The summed E-state index contributed by atoms with van der Waals surface area (Å²) in [6, 6.07) is 1.50. The van der Waals surface area contributed by atoms with Crippen LogP contribution >= 0.6 is 0 Å². The van der Waals surface area contributed by atoms with E-state index in [1.807, 2.05) is 20.8 Å². The van der Waals surface area contributed by atoms with Crippen LogP contribution in [-0.4, -0.2) is 120 Å². The zero-order chi connectivity index (χ0) is 40.4. The number of rotatable bonds is 8. The summed E-state index contributed by atoms with van der Waals surface area (Å²) >= 11 is 0. The van der Waals surface area contributed by atoms with Gasteiger partial charge in [-0.05, 0) is 61.6 Å². The van der Waals surface area contributed by atoms with Gasteiger partial charge in [-0.15, -0.1) is 0 Å². The van der Waals surface area contributed by atoms with Crippen molar-refractivity contribution in [3.8, 4) is 5.75 Å². The fourth-order valence-corrected chi connectivity index (χ4v) is 6.85. The lowest BCUT2D eigenvalue weighted by atomic mass is 9.92. The topological polar surface area (TPSA) is 207 Å². The predicted octanol–water partition coefficient (Wildman–Crippen LogP) is 1.71. The molecule has 2 fully saturated rings. The number of esters is 2. The van der Waals surface area contributed by atoms with Gasteiger partial charge in [-0.25, -0.2) is 4.79 Å². The number of carbonyl (C=O) groups is 6. The average Bonchev–Trinajstić information content (AvgIpc) is 3.62. The second-order valence-corrected chi connectivity index (χ2v) is 15.4. The molecule has 0 radical (unpaired) electrons. The molecule has 1 aromatic carbocycles. The Morgan fingerprint density at radius 1 is 0.963 bits per heavy atom. The molecule has 0 spiro atoms. The van der Waals surface area contributed by atoms with Gasteiger partial charge >= 0.3 is 11.9 Å². The molecule has 2 heterocycles. The number of aliphatic hydroxyl groups excluding tert-OH is 1. The molecule has 5 N–H and O–H groups in total. The lowest BCUT2D eigenvalue weighted by molar-refractivity contribution is -0.161. The number of carbonyl (C=O) groups excluding carboxylic acids is 6. The molecule has 15 heteroatoms. The molecule has 2 saturated heterocycles. The highest BCUT2D eigenvalue weighted by Crippen LogP contribution is 2.25. The summed E-state index contributed by atoms with van der Waals surface area (Å²) in [7, 11) is 3.00. The Morgan fingerprint density at radius 2 is 1.61 bits per heavy atom. The monoisotopic (exact) mass is 759 g/mol. The van der Waals surface area contributed by atoms with Crippen LogP contribution in [0.4, 0.5) is 0 Å². The zero-order valence-electron chi connectivity index (χ0n) is 33.2. The van der Waals surface area contributed by atoms with E-state index >= 15 is 0 Å². The fourth-order valence-electron chi connectivity index (χ4n) is 6.85. The first-order chi connectivity index (χ1) is 25.4. The molecule has 0 aliphatic carbocycles. The number of fused-ring (bicyclic) bond motifs is 1. The Hall–Kier alpha value is -4.24. The van der Waals surface area contributed by atoms with E-state index in [0.717, 1.165) is 0 Å². The number of cyclic esters (lactones) is 2. The molecule has 4 amide bonds. The fraction of sp³-hybridized carbons (Fsp3) is 0.692. The van der Waals surface area contributed by atoms with E-state index in [2.05, 4.69) is 10.6 Å². The molecular weight excluding hydrogens is 698 g/mol. The van der Waals surface area contributed by atoms with Crippen LogP contribution in [0.5, 0.6) is 5.75 Å². The standard InChI is InChI=1S/C39H61N5O10/c1-10-23(6)33-30(45)20-31(46)54-34(22(4)5)36(48)41-27(18-21(2)3)37(49)44-17-11-12-28(44)38(50)43(8)29(19-25-13-15-26(52-9)16-14-25)39(51)53-24(7)32(40)35(47)42-33/h13-16,21-24,27-30,32-34,45H,10-12,17-20,40H2,1-9H3,(H,41,48)(H,42,47)/t23-,24+,27-,28?,29-,30-,32-,33-,34-/m0/s1. The largest absolute Gasteiger partial charge is 0.497 e. The number of amides is 4. The van der Waals surface area contributed by atoms with Crippen LogP contribution < -0.4 is 21.1 Å². The maximum atomic E-state index is 14.3. The Kier molecular flexibility index (Phi) is 16.3. The molecule has 1 unspecified atom stereocenters. The lowest BCUT2D eigenvalue weighted by Crippen LogP contribution is -2.58. The number of nitrogens with one attached hydrogen (secondary N) is 2. The Labute approximate surface area is 319 Å². The van der Waals surface area contributed by atoms with E-state index in [4.69, 9.17) is 19.9 Å². The van der Waals surface area contributed by atoms with Gasteiger partial charge < -0.3 is 45.5 Å². The number of benzene rings is 1. The van der Waals surface area contributed by atoms with Gasteiger partial charge in [-0.3, -0.25) is 24.0 Å². The summed E-state index contributed by atoms with van der Waals surface area (Å²) in [6.07, 6.45) is -2.78. The number of hydrogen-bond acceptors (Lipinski definition) is 11. The smallest absolute Gasteiger partial charge is 0.329 e. The lowest BCUT2D eigenvalue weighted by Gasteiger charge is -2.35. The number of nitrogens with zero attached hydrogens (tertiary/aromatic N) is 2. The van der Waals surface area contributed by atoms with E-state index in [1.165, 1.54) is 30.9 Å². The van der Waals surface area contributed by atoms with Crippen LogP contribution in [-0.2, 0) is 44.7 Å². The third-order valence-corrected chi connectivity index (χ3v) is 10.4. The maximum absolute atomic E-state index is 14.3. The quantitative estimate of drug-likeness (QED) is 0.281. The van der Waals surface area contributed by atoms with Crippen molar-refractivity contribution in [3.05, 3.63) is 29.8 Å². The van der Waals surface area contributed by atoms with Crippen molar-refractivity contribution in [1.82, 2.24) is 20.4 Å². The highest BCUT2D eigenvalue weighted by Gasteiger charge is 2.43. The van der Waals surface area contributed by atoms with Crippen molar-refractivity contribution in [3.63, 3.8) is 0 Å². The summed E-state index contributed by atoms with van der Waals surface area (Å²) in [4.78, 5) is 85.7. The first-order valence-corrected chi connectivity index (χ1v) is 19.0. The summed E-state index contributed by atoms with van der Waals surface area (Å²) in [6.45, 7) is 12.5. The Bertz CT molecular complexity index is 1470. The van der Waals surface area contributed by atoms with Gasteiger partial charge in [0, 0.05) is 20.0 Å². The van der Waals surface area contributed by atoms with E-state index in [0.29, 0.717) is 30.6 Å². The molecular formula is C39H61N5O10. The van der Waals surface area contributed by atoms with Crippen LogP contribution in [0.2, 0.25) is 0 Å². The summed E-state index contributed by atoms with van der Waals surface area (Å²) in [5.74, 6) is -4.32. The van der Waals surface area contributed by atoms with Gasteiger partial charge in [-0.1, -0.05) is 60.1 Å². The second kappa shape index (κ2) is 19.9. The van der Waals surface area contributed by atoms with Crippen molar-refractivity contribution in [2.75, 3.05) is 20.7 Å². The molecule has 54 heavy (non-hydrogen) atoms. The van der Waals surface area contributed by atoms with Gasteiger partial charge in [0.05, 0.1) is 25.7 Å².